The quantitative estimate of drug-likeness (QED) is 0.345. The summed E-state index contributed by atoms with van der Waals surface area (Å²) in [5, 5.41) is 12.6. The molecule has 4 nitrogen and oxygen atoms in total. The van der Waals surface area contributed by atoms with Crippen LogP contribution >= 0.6 is 27.5 Å². The normalized spacial score (nSPS) is 10.9. The van der Waals surface area contributed by atoms with Crippen LogP contribution in [0.4, 0.5) is 5.69 Å². The fourth-order valence-corrected chi connectivity index (χ4v) is 2.98. The summed E-state index contributed by atoms with van der Waals surface area (Å²) in [6, 6.07) is 23.8. The Labute approximate surface area is 182 Å². The third kappa shape index (κ3) is 6.21. The molecule has 0 bridgehead atoms. The highest BCUT2D eigenvalue weighted by Gasteiger charge is 2.10. The van der Waals surface area contributed by atoms with Crippen LogP contribution in [0, 0.1) is 11.3 Å². The first kappa shape index (κ1) is 20.7. The summed E-state index contributed by atoms with van der Waals surface area (Å²) in [5.41, 5.74) is 2.23. The molecular weight excluding hydrogens is 452 g/mol. The highest BCUT2D eigenvalue weighted by Crippen LogP contribution is 2.20. The molecule has 0 fully saturated rings. The molecule has 0 saturated heterocycles. The maximum atomic E-state index is 12.4. The molecule has 1 N–H and O–H groups in total. The maximum Gasteiger partial charge on any atom is 0.266 e. The molecule has 0 radical (unpaired) electrons. The standard InChI is InChI=1S/C23H16BrClN2O2/c24-19-9-7-16(8-10-19)15-29-22-6-1-3-17(12-22)11-18(14-26)23(28)27-21-5-2-4-20(25)13-21/h1-13H,15H2,(H,27,28)/b18-11+. The number of hydrogen-bond donors (Lipinski definition) is 1. The number of ether oxygens (including phenoxy) is 1. The van der Waals surface area contributed by atoms with Crippen molar-refractivity contribution in [3.8, 4) is 11.8 Å². The van der Waals surface area contributed by atoms with Gasteiger partial charge in [-0.2, -0.15) is 5.26 Å². The van der Waals surface area contributed by atoms with Crippen LogP contribution in [-0.2, 0) is 11.4 Å². The molecule has 6 heteroatoms. The van der Waals surface area contributed by atoms with E-state index >= 15 is 0 Å². The Hall–Kier alpha value is -3.07. The van der Waals surface area contributed by atoms with E-state index in [0.717, 1.165) is 10.0 Å². The van der Waals surface area contributed by atoms with Crippen molar-refractivity contribution in [1.29, 1.82) is 5.26 Å². The van der Waals surface area contributed by atoms with Crippen molar-refractivity contribution in [3.63, 3.8) is 0 Å². The fraction of sp³-hybridized carbons (Fsp3) is 0.0435. The lowest BCUT2D eigenvalue weighted by atomic mass is 10.1. The highest BCUT2D eigenvalue weighted by atomic mass is 79.9. The molecule has 3 aromatic rings. The summed E-state index contributed by atoms with van der Waals surface area (Å²) >= 11 is 9.33. The summed E-state index contributed by atoms with van der Waals surface area (Å²) in [7, 11) is 0. The van der Waals surface area contributed by atoms with E-state index in [4.69, 9.17) is 16.3 Å². The van der Waals surface area contributed by atoms with Crippen molar-refractivity contribution in [3.05, 3.63) is 99.0 Å². The van der Waals surface area contributed by atoms with Gasteiger partial charge in [-0.3, -0.25) is 4.79 Å². The molecule has 0 atom stereocenters. The first-order chi connectivity index (χ1) is 14.0. The summed E-state index contributed by atoms with van der Waals surface area (Å²) in [6.45, 7) is 0.417. The molecular formula is C23H16BrClN2O2. The third-order valence-corrected chi connectivity index (χ3v) is 4.70. The van der Waals surface area contributed by atoms with E-state index in [1.807, 2.05) is 42.5 Å². The average molecular weight is 468 g/mol. The number of nitrogens with zero attached hydrogens (tertiary/aromatic N) is 1. The summed E-state index contributed by atoms with van der Waals surface area (Å²) in [6.07, 6.45) is 1.52. The van der Waals surface area contributed by atoms with E-state index < -0.39 is 5.91 Å². The second-order valence-electron chi connectivity index (χ2n) is 6.12. The Morgan fingerprint density at radius 2 is 1.86 bits per heavy atom. The lowest BCUT2D eigenvalue weighted by molar-refractivity contribution is -0.112. The van der Waals surface area contributed by atoms with Crippen molar-refractivity contribution in [2.24, 2.45) is 0 Å². The molecule has 0 heterocycles. The zero-order chi connectivity index (χ0) is 20.6. The van der Waals surface area contributed by atoms with E-state index in [0.29, 0.717) is 28.6 Å². The van der Waals surface area contributed by atoms with Gasteiger partial charge >= 0.3 is 0 Å². The molecule has 0 aliphatic heterocycles. The maximum absolute atomic E-state index is 12.4. The summed E-state index contributed by atoms with van der Waals surface area (Å²) in [4.78, 5) is 12.4. The molecule has 3 rings (SSSR count). The summed E-state index contributed by atoms with van der Waals surface area (Å²) < 4.78 is 6.82. The van der Waals surface area contributed by atoms with Gasteiger partial charge in [0.15, 0.2) is 0 Å². The van der Waals surface area contributed by atoms with Gasteiger partial charge in [-0.1, -0.05) is 57.9 Å². The van der Waals surface area contributed by atoms with Gasteiger partial charge in [0.2, 0.25) is 0 Å². The number of amides is 1. The molecule has 0 unspecified atom stereocenters. The van der Waals surface area contributed by atoms with Crippen LogP contribution in [-0.4, -0.2) is 5.91 Å². The summed E-state index contributed by atoms with van der Waals surface area (Å²) in [5.74, 6) is 0.144. The number of nitrogens with one attached hydrogen (secondary N) is 1. The number of rotatable bonds is 6. The number of benzene rings is 3. The first-order valence-electron chi connectivity index (χ1n) is 8.69. The van der Waals surface area contributed by atoms with Gasteiger partial charge in [-0.15, -0.1) is 0 Å². The van der Waals surface area contributed by atoms with E-state index in [1.165, 1.54) is 6.08 Å². The smallest absolute Gasteiger partial charge is 0.266 e. The van der Waals surface area contributed by atoms with Gasteiger partial charge in [0.1, 0.15) is 24.0 Å². The molecule has 0 aliphatic carbocycles. The minimum absolute atomic E-state index is 0.0185. The number of carbonyl (C=O) groups excluding carboxylic acids is 1. The lowest BCUT2D eigenvalue weighted by Gasteiger charge is -2.08. The van der Waals surface area contributed by atoms with Gasteiger partial charge in [-0.25, -0.2) is 0 Å². The van der Waals surface area contributed by atoms with Gasteiger partial charge < -0.3 is 10.1 Å². The third-order valence-electron chi connectivity index (χ3n) is 3.94. The SMILES string of the molecule is N#C/C(=C\c1cccc(OCc2ccc(Br)cc2)c1)C(=O)Nc1cccc(Cl)c1. The number of halogens is 2. The van der Waals surface area contributed by atoms with Crippen LogP contribution in [0.1, 0.15) is 11.1 Å². The minimum Gasteiger partial charge on any atom is -0.489 e. The fourth-order valence-electron chi connectivity index (χ4n) is 2.52. The Balaban J connectivity index is 1.70. The van der Waals surface area contributed by atoms with E-state index in [2.05, 4.69) is 21.2 Å². The topological polar surface area (TPSA) is 62.1 Å². The Morgan fingerprint density at radius 3 is 2.59 bits per heavy atom. The second kappa shape index (κ2) is 9.92. The Kier molecular flexibility index (Phi) is 7.07. The number of anilines is 1. The molecule has 3 aromatic carbocycles. The van der Waals surface area contributed by atoms with Gasteiger partial charge in [-0.05, 0) is 59.7 Å². The van der Waals surface area contributed by atoms with Gasteiger partial charge in [0, 0.05) is 15.2 Å². The van der Waals surface area contributed by atoms with Crippen LogP contribution in [0.25, 0.3) is 6.08 Å². The van der Waals surface area contributed by atoms with Gasteiger partial charge in [0.25, 0.3) is 5.91 Å². The van der Waals surface area contributed by atoms with Crippen LogP contribution in [0.2, 0.25) is 5.02 Å². The van der Waals surface area contributed by atoms with Crippen LogP contribution in [0.5, 0.6) is 5.75 Å². The van der Waals surface area contributed by atoms with Crippen molar-refractivity contribution < 1.29 is 9.53 Å². The van der Waals surface area contributed by atoms with E-state index in [1.54, 1.807) is 36.4 Å². The van der Waals surface area contributed by atoms with Crippen LogP contribution in [0.15, 0.2) is 82.8 Å². The second-order valence-corrected chi connectivity index (χ2v) is 7.47. The molecule has 0 spiro atoms. The van der Waals surface area contributed by atoms with Crippen molar-refractivity contribution >= 4 is 45.2 Å². The molecule has 0 aromatic heterocycles. The lowest BCUT2D eigenvalue weighted by Crippen LogP contribution is -2.13. The van der Waals surface area contributed by atoms with Crippen LogP contribution < -0.4 is 10.1 Å². The molecule has 29 heavy (non-hydrogen) atoms. The van der Waals surface area contributed by atoms with Crippen molar-refractivity contribution in [1.82, 2.24) is 0 Å². The zero-order valence-electron chi connectivity index (χ0n) is 15.2. The molecule has 144 valence electrons. The van der Waals surface area contributed by atoms with Gasteiger partial charge in [0.05, 0.1) is 0 Å². The average Bonchev–Trinajstić information content (AvgIpc) is 2.72. The van der Waals surface area contributed by atoms with Crippen molar-refractivity contribution in [2.75, 3.05) is 5.32 Å². The largest absolute Gasteiger partial charge is 0.489 e. The minimum atomic E-state index is -0.504. The molecule has 0 saturated carbocycles. The highest BCUT2D eigenvalue weighted by molar-refractivity contribution is 9.10. The predicted molar refractivity (Wildman–Crippen MR) is 119 cm³/mol. The Bertz CT molecular complexity index is 1090. The van der Waals surface area contributed by atoms with E-state index in [-0.39, 0.29) is 5.57 Å². The van der Waals surface area contributed by atoms with Crippen LogP contribution in [0.3, 0.4) is 0 Å². The monoisotopic (exact) mass is 466 g/mol. The predicted octanol–water partition coefficient (Wildman–Crippen LogP) is 6.23. The van der Waals surface area contributed by atoms with Crippen molar-refractivity contribution in [2.45, 2.75) is 6.61 Å². The first-order valence-corrected chi connectivity index (χ1v) is 9.86. The Morgan fingerprint density at radius 1 is 1.10 bits per heavy atom. The number of carbonyl (C=O) groups is 1. The molecule has 1 amide bonds. The molecule has 0 aliphatic rings. The number of hydrogen-bond acceptors (Lipinski definition) is 3. The number of nitriles is 1. The zero-order valence-corrected chi connectivity index (χ0v) is 17.6. The van der Waals surface area contributed by atoms with E-state index in [9.17, 15) is 10.1 Å².